The molecular formula is C15H16FNS. The zero-order valence-electron chi connectivity index (χ0n) is 10.3. The summed E-state index contributed by atoms with van der Waals surface area (Å²) >= 11 is 1.76. The molecule has 0 saturated carbocycles. The van der Waals surface area contributed by atoms with Crippen molar-refractivity contribution in [3.63, 3.8) is 0 Å². The van der Waals surface area contributed by atoms with Crippen LogP contribution in [-0.2, 0) is 12.3 Å². The largest absolute Gasteiger partial charge is 0.326 e. The van der Waals surface area contributed by atoms with Crippen molar-refractivity contribution < 1.29 is 4.39 Å². The van der Waals surface area contributed by atoms with Gasteiger partial charge in [-0.3, -0.25) is 0 Å². The standard InChI is InChI=1S/C15H16FNS/c1-11-4-2-3-5-15(11)18-10-12-6-7-14(16)13(8-12)9-17/h2-8H,9-10,17H2,1H3. The Labute approximate surface area is 111 Å². The molecule has 1 nitrogen and oxygen atoms in total. The van der Waals surface area contributed by atoms with E-state index in [-0.39, 0.29) is 12.4 Å². The minimum Gasteiger partial charge on any atom is -0.326 e. The van der Waals surface area contributed by atoms with E-state index in [0.29, 0.717) is 5.56 Å². The van der Waals surface area contributed by atoms with E-state index < -0.39 is 0 Å². The summed E-state index contributed by atoms with van der Waals surface area (Å²) in [5.41, 5.74) is 8.45. The van der Waals surface area contributed by atoms with Gasteiger partial charge in [-0.15, -0.1) is 11.8 Å². The minimum absolute atomic E-state index is 0.220. The maximum atomic E-state index is 13.3. The van der Waals surface area contributed by atoms with Gasteiger partial charge in [-0.2, -0.15) is 0 Å². The predicted octanol–water partition coefficient (Wildman–Crippen LogP) is 3.89. The Kier molecular flexibility index (Phi) is 4.39. The minimum atomic E-state index is -0.220. The van der Waals surface area contributed by atoms with Crippen LogP contribution in [0, 0.1) is 12.7 Å². The zero-order valence-corrected chi connectivity index (χ0v) is 11.1. The smallest absolute Gasteiger partial charge is 0.127 e. The van der Waals surface area contributed by atoms with E-state index in [1.807, 2.05) is 24.3 Å². The summed E-state index contributed by atoms with van der Waals surface area (Å²) in [5.74, 6) is 0.611. The Bertz CT molecular complexity index is 540. The average Bonchev–Trinajstić information content (AvgIpc) is 2.39. The third-order valence-electron chi connectivity index (χ3n) is 2.82. The average molecular weight is 261 g/mol. The molecule has 0 aliphatic carbocycles. The van der Waals surface area contributed by atoms with Crippen molar-refractivity contribution in [3.05, 3.63) is 65.0 Å². The third-order valence-corrected chi connectivity index (χ3v) is 4.06. The van der Waals surface area contributed by atoms with Crippen molar-refractivity contribution in [1.29, 1.82) is 0 Å². The molecule has 18 heavy (non-hydrogen) atoms. The number of nitrogens with two attached hydrogens (primary N) is 1. The highest BCUT2D eigenvalue weighted by atomic mass is 32.2. The Morgan fingerprint density at radius 2 is 1.94 bits per heavy atom. The molecule has 94 valence electrons. The SMILES string of the molecule is Cc1ccccc1SCc1ccc(F)c(CN)c1. The summed E-state index contributed by atoms with van der Waals surface area (Å²) in [6.07, 6.45) is 0. The summed E-state index contributed by atoms with van der Waals surface area (Å²) in [6, 6.07) is 13.4. The van der Waals surface area contributed by atoms with E-state index in [0.717, 1.165) is 11.3 Å². The van der Waals surface area contributed by atoms with Crippen LogP contribution in [-0.4, -0.2) is 0 Å². The van der Waals surface area contributed by atoms with Gasteiger partial charge in [0, 0.05) is 22.8 Å². The van der Waals surface area contributed by atoms with Crippen molar-refractivity contribution >= 4 is 11.8 Å². The molecule has 0 heterocycles. The van der Waals surface area contributed by atoms with Crippen LogP contribution < -0.4 is 5.73 Å². The highest BCUT2D eigenvalue weighted by Crippen LogP contribution is 2.26. The van der Waals surface area contributed by atoms with Crippen LogP contribution in [0.2, 0.25) is 0 Å². The van der Waals surface area contributed by atoms with Gasteiger partial charge in [0.1, 0.15) is 5.82 Å². The first-order chi connectivity index (χ1) is 8.70. The molecule has 0 amide bonds. The normalized spacial score (nSPS) is 10.6. The quantitative estimate of drug-likeness (QED) is 0.845. The summed E-state index contributed by atoms with van der Waals surface area (Å²) in [5, 5.41) is 0. The molecule has 0 bridgehead atoms. The monoisotopic (exact) mass is 261 g/mol. The molecule has 2 N–H and O–H groups in total. The molecule has 2 aromatic carbocycles. The molecule has 0 spiro atoms. The van der Waals surface area contributed by atoms with Crippen molar-refractivity contribution in [2.24, 2.45) is 5.73 Å². The molecule has 2 rings (SSSR count). The number of halogens is 1. The predicted molar refractivity (Wildman–Crippen MR) is 75.0 cm³/mol. The number of thioether (sulfide) groups is 1. The first-order valence-corrected chi connectivity index (χ1v) is 6.85. The van der Waals surface area contributed by atoms with Crippen molar-refractivity contribution in [2.75, 3.05) is 0 Å². The van der Waals surface area contributed by atoms with Crippen LogP contribution in [0.4, 0.5) is 4.39 Å². The molecule has 0 aromatic heterocycles. The Balaban J connectivity index is 2.09. The van der Waals surface area contributed by atoms with Gasteiger partial charge in [0.25, 0.3) is 0 Å². The lowest BCUT2D eigenvalue weighted by molar-refractivity contribution is 0.610. The van der Waals surface area contributed by atoms with Crippen LogP contribution in [0.3, 0.4) is 0 Å². The summed E-state index contributed by atoms with van der Waals surface area (Å²) in [7, 11) is 0. The van der Waals surface area contributed by atoms with E-state index in [9.17, 15) is 4.39 Å². The van der Waals surface area contributed by atoms with Crippen LogP contribution >= 0.6 is 11.8 Å². The zero-order chi connectivity index (χ0) is 13.0. The molecule has 0 aliphatic heterocycles. The second-order valence-corrected chi connectivity index (χ2v) is 5.20. The number of aryl methyl sites for hydroxylation is 1. The maximum absolute atomic E-state index is 13.3. The van der Waals surface area contributed by atoms with Gasteiger partial charge < -0.3 is 5.73 Å². The lowest BCUT2D eigenvalue weighted by Gasteiger charge is -2.07. The fraction of sp³-hybridized carbons (Fsp3) is 0.200. The van der Waals surface area contributed by atoms with Crippen LogP contribution in [0.5, 0.6) is 0 Å². The summed E-state index contributed by atoms with van der Waals surface area (Å²) in [4.78, 5) is 1.26. The van der Waals surface area contributed by atoms with Gasteiger partial charge >= 0.3 is 0 Å². The van der Waals surface area contributed by atoms with Crippen molar-refractivity contribution in [1.82, 2.24) is 0 Å². The fourth-order valence-electron chi connectivity index (χ4n) is 1.75. The second-order valence-electron chi connectivity index (χ2n) is 4.18. The lowest BCUT2D eigenvalue weighted by atomic mass is 10.1. The molecule has 2 aromatic rings. The van der Waals surface area contributed by atoms with E-state index >= 15 is 0 Å². The highest BCUT2D eigenvalue weighted by molar-refractivity contribution is 7.98. The maximum Gasteiger partial charge on any atom is 0.127 e. The molecule has 0 radical (unpaired) electrons. The Morgan fingerprint density at radius 3 is 2.67 bits per heavy atom. The van der Waals surface area contributed by atoms with Crippen molar-refractivity contribution in [2.45, 2.75) is 24.1 Å². The van der Waals surface area contributed by atoms with E-state index in [4.69, 9.17) is 5.73 Å². The topological polar surface area (TPSA) is 26.0 Å². The Hall–Kier alpha value is -1.32. The van der Waals surface area contributed by atoms with Gasteiger partial charge in [-0.25, -0.2) is 4.39 Å². The number of hydrogen-bond acceptors (Lipinski definition) is 2. The van der Waals surface area contributed by atoms with Gasteiger partial charge in [0.2, 0.25) is 0 Å². The fourth-order valence-corrected chi connectivity index (χ4v) is 2.73. The van der Waals surface area contributed by atoms with Crippen LogP contribution in [0.1, 0.15) is 16.7 Å². The Morgan fingerprint density at radius 1 is 1.17 bits per heavy atom. The molecule has 0 aliphatic rings. The first-order valence-electron chi connectivity index (χ1n) is 5.86. The second kappa shape index (κ2) is 6.03. The van der Waals surface area contributed by atoms with E-state index in [1.54, 1.807) is 11.8 Å². The van der Waals surface area contributed by atoms with Crippen LogP contribution in [0.25, 0.3) is 0 Å². The van der Waals surface area contributed by atoms with Gasteiger partial charge in [-0.05, 0) is 30.2 Å². The molecule has 0 unspecified atom stereocenters. The van der Waals surface area contributed by atoms with Gasteiger partial charge in [0.05, 0.1) is 0 Å². The van der Waals surface area contributed by atoms with Crippen LogP contribution in [0.15, 0.2) is 47.4 Å². The van der Waals surface area contributed by atoms with Gasteiger partial charge in [0.15, 0.2) is 0 Å². The first kappa shape index (κ1) is 13.1. The molecular weight excluding hydrogens is 245 g/mol. The summed E-state index contributed by atoms with van der Waals surface area (Å²) in [6.45, 7) is 2.34. The third kappa shape index (κ3) is 3.12. The number of benzene rings is 2. The molecule has 0 saturated heterocycles. The van der Waals surface area contributed by atoms with E-state index in [1.165, 1.54) is 16.5 Å². The molecule has 3 heteroatoms. The number of rotatable bonds is 4. The van der Waals surface area contributed by atoms with E-state index in [2.05, 4.69) is 19.1 Å². The molecule has 0 fully saturated rings. The number of hydrogen-bond donors (Lipinski definition) is 1. The van der Waals surface area contributed by atoms with Gasteiger partial charge in [-0.1, -0.05) is 30.3 Å². The molecule has 0 atom stereocenters. The summed E-state index contributed by atoms with van der Waals surface area (Å²) < 4.78 is 13.3. The highest BCUT2D eigenvalue weighted by Gasteiger charge is 2.03. The lowest BCUT2D eigenvalue weighted by Crippen LogP contribution is -2.00. The van der Waals surface area contributed by atoms with Crippen molar-refractivity contribution in [3.8, 4) is 0 Å².